The lowest BCUT2D eigenvalue weighted by atomic mass is 10.6. The first kappa shape index (κ1) is 6.55. The molecule has 0 atom stereocenters. The van der Waals surface area contributed by atoms with Crippen molar-refractivity contribution >= 4 is 6.41 Å². The van der Waals surface area contributed by atoms with Crippen molar-refractivity contribution < 1.29 is 4.79 Å². The lowest BCUT2D eigenvalue weighted by Gasteiger charge is -1.98. The third-order valence-electron chi connectivity index (χ3n) is 1.36. The molecule has 0 radical (unpaired) electrons. The highest BCUT2D eigenvalue weighted by Crippen LogP contribution is 2.17. The smallest absolute Gasteiger partial charge is 0.207 e. The van der Waals surface area contributed by atoms with Crippen molar-refractivity contribution in [3.63, 3.8) is 0 Å². The van der Waals surface area contributed by atoms with Crippen LogP contribution in [0.2, 0.25) is 0 Å². The van der Waals surface area contributed by atoms with Crippen LogP contribution in [0.15, 0.2) is 0 Å². The average molecular weight is 128 g/mol. The number of hydrogen-bond acceptors (Lipinski definition) is 2. The van der Waals surface area contributed by atoms with Gasteiger partial charge < -0.3 is 10.6 Å². The van der Waals surface area contributed by atoms with Crippen molar-refractivity contribution in [3.8, 4) is 0 Å². The first-order valence-corrected chi connectivity index (χ1v) is 3.34. The second kappa shape index (κ2) is 3.45. The number of nitrogens with one attached hydrogen (secondary N) is 2. The first-order valence-electron chi connectivity index (χ1n) is 3.34. The summed E-state index contributed by atoms with van der Waals surface area (Å²) in [5.41, 5.74) is 0. The van der Waals surface area contributed by atoms with Crippen molar-refractivity contribution in [2.24, 2.45) is 0 Å². The van der Waals surface area contributed by atoms with E-state index in [1.54, 1.807) is 0 Å². The Balaban J connectivity index is 1.75. The van der Waals surface area contributed by atoms with E-state index in [1.807, 2.05) is 0 Å². The van der Waals surface area contributed by atoms with E-state index in [2.05, 4.69) is 10.6 Å². The molecule has 1 saturated carbocycles. The highest BCUT2D eigenvalue weighted by molar-refractivity contribution is 5.45. The Morgan fingerprint density at radius 3 is 2.78 bits per heavy atom. The Hall–Kier alpha value is -0.570. The van der Waals surface area contributed by atoms with Gasteiger partial charge >= 0.3 is 0 Å². The molecule has 1 rings (SSSR count). The molecule has 0 aromatic heterocycles. The van der Waals surface area contributed by atoms with E-state index in [1.165, 1.54) is 12.8 Å². The van der Waals surface area contributed by atoms with E-state index in [-0.39, 0.29) is 0 Å². The van der Waals surface area contributed by atoms with E-state index in [0.717, 1.165) is 25.5 Å². The van der Waals surface area contributed by atoms with Gasteiger partial charge in [0, 0.05) is 19.1 Å². The Morgan fingerprint density at radius 2 is 2.22 bits per heavy atom. The Labute approximate surface area is 54.8 Å². The molecule has 1 aliphatic rings. The minimum absolute atomic E-state index is 0.731. The minimum Gasteiger partial charge on any atom is -0.357 e. The molecule has 1 aliphatic carbocycles. The van der Waals surface area contributed by atoms with Crippen molar-refractivity contribution in [1.29, 1.82) is 0 Å². The number of carbonyl (C=O) groups is 1. The summed E-state index contributed by atoms with van der Waals surface area (Å²) in [5.74, 6) is 0. The fraction of sp³-hybridized carbons (Fsp3) is 0.833. The number of rotatable bonds is 5. The predicted molar refractivity (Wildman–Crippen MR) is 35.1 cm³/mol. The van der Waals surface area contributed by atoms with E-state index in [4.69, 9.17) is 0 Å². The fourth-order valence-electron chi connectivity index (χ4n) is 0.695. The molecule has 0 bridgehead atoms. The molecule has 0 aromatic rings. The van der Waals surface area contributed by atoms with Gasteiger partial charge in [0.2, 0.25) is 6.41 Å². The molecule has 2 N–H and O–H groups in total. The van der Waals surface area contributed by atoms with Gasteiger partial charge in [0.25, 0.3) is 0 Å². The van der Waals surface area contributed by atoms with Crippen LogP contribution in [-0.4, -0.2) is 25.5 Å². The maximum atomic E-state index is 9.73. The average Bonchev–Trinajstić information content (AvgIpc) is 2.63. The number of carbonyl (C=O) groups excluding carboxylic acids is 1. The third kappa shape index (κ3) is 3.08. The van der Waals surface area contributed by atoms with Gasteiger partial charge in [-0.1, -0.05) is 0 Å². The first-order chi connectivity index (χ1) is 4.43. The van der Waals surface area contributed by atoms with E-state index < -0.39 is 0 Å². The van der Waals surface area contributed by atoms with Gasteiger partial charge in [-0.25, -0.2) is 0 Å². The monoisotopic (exact) mass is 128 g/mol. The van der Waals surface area contributed by atoms with E-state index in [9.17, 15) is 4.79 Å². The molecule has 0 aromatic carbocycles. The quantitative estimate of drug-likeness (QED) is 0.386. The van der Waals surface area contributed by atoms with Crippen LogP contribution in [0.25, 0.3) is 0 Å². The molecular formula is C6H12N2O. The number of hydrogen-bond donors (Lipinski definition) is 2. The molecule has 0 spiro atoms. The van der Waals surface area contributed by atoms with Crippen molar-refractivity contribution in [2.75, 3.05) is 13.1 Å². The molecule has 9 heavy (non-hydrogen) atoms. The molecule has 3 heteroatoms. The van der Waals surface area contributed by atoms with Crippen LogP contribution in [0.3, 0.4) is 0 Å². The molecule has 3 nitrogen and oxygen atoms in total. The summed E-state index contributed by atoms with van der Waals surface area (Å²) < 4.78 is 0. The lowest BCUT2D eigenvalue weighted by molar-refractivity contribution is -0.109. The normalized spacial score (nSPS) is 17.3. The van der Waals surface area contributed by atoms with Crippen LogP contribution >= 0.6 is 0 Å². The molecule has 1 fully saturated rings. The van der Waals surface area contributed by atoms with Crippen LogP contribution < -0.4 is 10.6 Å². The topological polar surface area (TPSA) is 41.1 Å². The summed E-state index contributed by atoms with van der Waals surface area (Å²) in [4.78, 5) is 9.73. The van der Waals surface area contributed by atoms with Gasteiger partial charge in [-0.15, -0.1) is 0 Å². The summed E-state index contributed by atoms with van der Waals surface area (Å²) in [6.45, 7) is 1.66. The van der Waals surface area contributed by atoms with Crippen molar-refractivity contribution in [1.82, 2.24) is 10.6 Å². The summed E-state index contributed by atoms with van der Waals surface area (Å²) in [5, 5.41) is 5.86. The van der Waals surface area contributed by atoms with Crippen LogP contribution in [0.5, 0.6) is 0 Å². The van der Waals surface area contributed by atoms with Gasteiger partial charge in [-0.05, 0) is 12.8 Å². The minimum atomic E-state index is 0.731. The maximum Gasteiger partial charge on any atom is 0.207 e. The van der Waals surface area contributed by atoms with Crippen molar-refractivity contribution in [3.05, 3.63) is 0 Å². The zero-order chi connectivity index (χ0) is 6.53. The SMILES string of the molecule is O=CNCCNC1CC1. The van der Waals surface area contributed by atoms with E-state index in [0.29, 0.717) is 0 Å². The lowest BCUT2D eigenvalue weighted by Crippen LogP contribution is -2.27. The molecular weight excluding hydrogens is 116 g/mol. The summed E-state index contributed by atoms with van der Waals surface area (Å²) in [6, 6.07) is 0.749. The van der Waals surface area contributed by atoms with Crippen LogP contribution in [0.4, 0.5) is 0 Å². The highest BCUT2D eigenvalue weighted by atomic mass is 16.1. The zero-order valence-corrected chi connectivity index (χ0v) is 5.39. The Morgan fingerprint density at radius 1 is 1.44 bits per heavy atom. The summed E-state index contributed by atoms with van der Waals surface area (Å²) >= 11 is 0. The van der Waals surface area contributed by atoms with Gasteiger partial charge in [-0.2, -0.15) is 0 Å². The Kier molecular flexibility index (Phi) is 2.51. The third-order valence-corrected chi connectivity index (χ3v) is 1.36. The molecule has 0 unspecified atom stereocenters. The molecule has 0 heterocycles. The summed E-state index contributed by atoms with van der Waals surface area (Å²) in [7, 11) is 0. The van der Waals surface area contributed by atoms with Crippen molar-refractivity contribution in [2.45, 2.75) is 18.9 Å². The molecule has 0 aliphatic heterocycles. The van der Waals surface area contributed by atoms with Crippen LogP contribution in [0, 0.1) is 0 Å². The van der Waals surface area contributed by atoms with Crippen LogP contribution in [0.1, 0.15) is 12.8 Å². The van der Waals surface area contributed by atoms with Gasteiger partial charge in [0.15, 0.2) is 0 Å². The molecule has 1 amide bonds. The second-order valence-electron chi connectivity index (χ2n) is 2.30. The summed E-state index contributed by atoms with van der Waals surface area (Å²) in [6.07, 6.45) is 3.34. The van der Waals surface area contributed by atoms with Gasteiger partial charge in [0.1, 0.15) is 0 Å². The maximum absolute atomic E-state index is 9.73. The zero-order valence-electron chi connectivity index (χ0n) is 5.39. The second-order valence-corrected chi connectivity index (χ2v) is 2.30. The largest absolute Gasteiger partial charge is 0.357 e. The van der Waals surface area contributed by atoms with Gasteiger partial charge in [-0.3, -0.25) is 4.79 Å². The van der Waals surface area contributed by atoms with Gasteiger partial charge in [0.05, 0.1) is 0 Å². The standard InChI is InChI=1S/C6H12N2O/c9-5-7-3-4-8-6-1-2-6/h5-6,8H,1-4H2,(H,7,9). The van der Waals surface area contributed by atoms with E-state index >= 15 is 0 Å². The van der Waals surface area contributed by atoms with Crippen LogP contribution in [-0.2, 0) is 4.79 Å². The number of amides is 1. The predicted octanol–water partition coefficient (Wildman–Crippen LogP) is -0.516. The fourth-order valence-corrected chi connectivity index (χ4v) is 0.695. The Bertz CT molecular complexity index is 91.1. The molecule has 52 valence electrons. The highest BCUT2D eigenvalue weighted by Gasteiger charge is 2.19. The molecule has 0 saturated heterocycles.